The lowest BCUT2D eigenvalue weighted by atomic mass is 10.3. The Balaban J connectivity index is 2.56. The fraction of sp³-hybridized carbons (Fsp3) is 0. The van der Waals surface area contributed by atoms with E-state index in [1.54, 1.807) is 0 Å². The number of phenolic OH excluding ortho intramolecular Hbond substituents is 1. The van der Waals surface area contributed by atoms with E-state index in [1.165, 1.54) is 24.3 Å². The van der Waals surface area contributed by atoms with E-state index in [4.69, 9.17) is 0 Å². The van der Waals surface area contributed by atoms with Crippen LogP contribution < -0.4 is 10.6 Å². The van der Waals surface area contributed by atoms with Crippen LogP contribution in [0.25, 0.3) is 0 Å². The minimum atomic E-state index is -2.19. The van der Waals surface area contributed by atoms with Crippen LogP contribution in [-0.2, 0) is 0 Å². The zero-order valence-electron chi connectivity index (χ0n) is 9.15. The number of phenols is 1. The highest BCUT2D eigenvalue weighted by Crippen LogP contribution is 2.25. The summed E-state index contributed by atoms with van der Waals surface area (Å²) in [6.45, 7) is 0. The topological polar surface area (TPSA) is 20.2 Å². The molecule has 100 valence electrons. The maximum atomic E-state index is 13.4. The first-order valence-electron chi connectivity index (χ1n) is 5.00. The molecule has 0 aromatic heterocycles. The molecule has 2 aromatic carbocycles. The van der Waals surface area contributed by atoms with E-state index in [2.05, 4.69) is 0 Å². The molecule has 1 N–H and O–H groups in total. The van der Waals surface area contributed by atoms with Crippen molar-refractivity contribution in [2.24, 2.45) is 0 Å². The zero-order valence-corrected chi connectivity index (χ0v) is 10.1. The maximum absolute atomic E-state index is 13.4. The molecule has 0 aliphatic carbocycles. The minimum Gasteiger partial charge on any atom is -0.507 e. The molecule has 2 rings (SSSR count). The van der Waals surface area contributed by atoms with Gasteiger partial charge in [0.2, 0.25) is 5.82 Å². The van der Waals surface area contributed by atoms with Crippen molar-refractivity contribution >= 4 is 19.2 Å². The van der Waals surface area contributed by atoms with Crippen LogP contribution in [0.3, 0.4) is 0 Å². The van der Waals surface area contributed by atoms with Gasteiger partial charge in [0.15, 0.2) is 23.3 Å². The summed E-state index contributed by atoms with van der Waals surface area (Å²) < 4.78 is 65.7. The molecule has 0 radical (unpaired) electrons. The fourth-order valence-corrected chi connectivity index (χ4v) is 2.53. The smallest absolute Gasteiger partial charge is 0.200 e. The van der Waals surface area contributed by atoms with Crippen molar-refractivity contribution < 1.29 is 27.1 Å². The van der Waals surface area contributed by atoms with E-state index in [0.29, 0.717) is 0 Å². The van der Waals surface area contributed by atoms with Crippen molar-refractivity contribution in [3.8, 4) is 5.75 Å². The highest BCUT2D eigenvalue weighted by molar-refractivity contribution is 7.55. The van der Waals surface area contributed by atoms with Gasteiger partial charge in [-0.25, -0.2) is 22.0 Å². The van der Waals surface area contributed by atoms with E-state index in [9.17, 15) is 27.1 Å². The van der Waals surface area contributed by atoms with Gasteiger partial charge in [-0.2, -0.15) is 0 Å². The number of benzene rings is 2. The van der Waals surface area contributed by atoms with Crippen LogP contribution in [0.5, 0.6) is 5.75 Å². The lowest BCUT2D eigenvalue weighted by Crippen LogP contribution is -2.18. The second kappa shape index (κ2) is 5.13. The molecule has 0 amide bonds. The zero-order chi connectivity index (χ0) is 14.2. The van der Waals surface area contributed by atoms with Crippen LogP contribution in [0.1, 0.15) is 0 Å². The van der Waals surface area contributed by atoms with E-state index < -0.39 is 43.0 Å². The van der Waals surface area contributed by atoms with Crippen LogP contribution in [0, 0.1) is 29.1 Å². The summed E-state index contributed by atoms with van der Waals surface area (Å²) in [5, 5.41) is 8.59. The monoisotopic (exact) mass is 292 g/mol. The van der Waals surface area contributed by atoms with Crippen LogP contribution in [0.2, 0.25) is 0 Å². The summed E-state index contributed by atoms with van der Waals surface area (Å²) in [4.78, 5) is 0. The van der Waals surface area contributed by atoms with Crippen molar-refractivity contribution in [1.29, 1.82) is 0 Å². The molecule has 7 heteroatoms. The number of halogens is 5. The van der Waals surface area contributed by atoms with Crippen LogP contribution in [0.15, 0.2) is 24.3 Å². The predicted octanol–water partition coefficient (Wildman–Crippen LogP) is 2.72. The molecule has 0 aliphatic heterocycles. The molecule has 0 saturated carbocycles. The number of hydrogen-bond acceptors (Lipinski definition) is 1. The van der Waals surface area contributed by atoms with Crippen LogP contribution in [0.4, 0.5) is 22.0 Å². The molecule has 19 heavy (non-hydrogen) atoms. The molecule has 0 aliphatic rings. The summed E-state index contributed by atoms with van der Waals surface area (Å²) in [5.41, 5.74) is 0. The first kappa shape index (κ1) is 13.7. The van der Waals surface area contributed by atoms with Gasteiger partial charge in [0, 0.05) is 5.30 Å². The molecule has 0 bridgehead atoms. The van der Waals surface area contributed by atoms with Gasteiger partial charge in [-0.05, 0) is 14.6 Å². The van der Waals surface area contributed by atoms with Gasteiger partial charge in [0.1, 0.15) is 5.75 Å². The second-order valence-electron chi connectivity index (χ2n) is 3.59. The van der Waals surface area contributed by atoms with Crippen molar-refractivity contribution in [1.82, 2.24) is 0 Å². The van der Waals surface area contributed by atoms with Gasteiger partial charge in [-0.3, -0.25) is 0 Å². The molecular formula is C12H6F5OP. The minimum absolute atomic E-state index is 0.0886. The molecule has 0 saturated heterocycles. The van der Waals surface area contributed by atoms with Crippen LogP contribution in [-0.4, -0.2) is 5.11 Å². The third-order valence-electron chi connectivity index (χ3n) is 2.37. The Morgan fingerprint density at radius 2 is 1.21 bits per heavy atom. The third-order valence-corrected chi connectivity index (χ3v) is 3.75. The first-order chi connectivity index (χ1) is 8.93. The summed E-state index contributed by atoms with van der Waals surface area (Å²) in [6.07, 6.45) is 0. The average molecular weight is 292 g/mol. The summed E-state index contributed by atoms with van der Waals surface area (Å²) in [7, 11) is -0.884. The van der Waals surface area contributed by atoms with Gasteiger partial charge in [0.25, 0.3) is 0 Å². The Morgan fingerprint density at radius 1 is 0.737 bits per heavy atom. The van der Waals surface area contributed by atoms with Gasteiger partial charge >= 0.3 is 0 Å². The van der Waals surface area contributed by atoms with Crippen molar-refractivity contribution in [2.45, 2.75) is 0 Å². The second-order valence-corrected chi connectivity index (χ2v) is 4.88. The number of hydrogen-bond donors (Lipinski definition) is 1. The highest BCUT2D eigenvalue weighted by Gasteiger charge is 2.26. The Hall–Kier alpha value is -1.68. The molecule has 1 nitrogen and oxygen atoms in total. The molecule has 0 fully saturated rings. The van der Waals surface area contributed by atoms with Gasteiger partial charge < -0.3 is 5.11 Å². The molecule has 0 spiro atoms. The van der Waals surface area contributed by atoms with E-state index >= 15 is 0 Å². The van der Waals surface area contributed by atoms with Crippen molar-refractivity contribution in [3.63, 3.8) is 0 Å². The van der Waals surface area contributed by atoms with Crippen LogP contribution >= 0.6 is 8.58 Å². The van der Waals surface area contributed by atoms with Gasteiger partial charge in [0.05, 0.1) is 5.30 Å². The SMILES string of the molecule is Oc1ccccc1Pc1c(F)c(F)c(F)c(F)c1F. The summed E-state index contributed by atoms with van der Waals surface area (Å²) in [5.74, 6) is -10.2. The van der Waals surface area contributed by atoms with E-state index in [-0.39, 0.29) is 11.1 Å². The Kier molecular flexibility index (Phi) is 3.71. The summed E-state index contributed by atoms with van der Waals surface area (Å²) >= 11 is 0. The molecular weight excluding hydrogens is 286 g/mol. The predicted molar refractivity (Wildman–Crippen MR) is 61.9 cm³/mol. The molecule has 1 unspecified atom stereocenters. The quantitative estimate of drug-likeness (QED) is 0.390. The lowest BCUT2D eigenvalue weighted by molar-refractivity contribution is 0.384. The third kappa shape index (κ3) is 2.40. The fourth-order valence-electron chi connectivity index (χ4n) is 1.43. The average Bonchev–Trinajstić information content (AvgIpc) is 2.41. The summed E-state index contributed by atoms with van der Waals surface area (Å²) in [6, 6.07) is 5.55. The molecule has 2 aromatic rings. The van der Waals surface area contributed by atoms with Gasteiger partial charge in [-0.1, -0.05) is 18.2 Å². The molecule has 1 atom stereocenters. The van der Waals surface area contributed by atoms with Gasteiger partial charge in [-0.15, -0.1) is 0 Å². The Morgan fingerprint density at radius 3 is 1.74 bits per heavy atom. The normalized spacial score (nSPS) is 11.4. The van der Waals surface area contributed by atoms with E-state index in [0.717, 1.165) is 0 Å². The maximum Gasteiger partial charge on any atom is 0.200 e. The first-order valence-corrected chi connectivity index (χ1v) is 6.00. The lowest BCUT2D eigenvalue weighted by Gasteiger charge is -2.09. The standard InChI is InChI=1S/C12H6F5OP/c13-7-8(14)10(16)12(11(17)9(7)15)19-6-4-2-1-3-5(6)18/h1-4,18-19H. The van der Waals surface area contributed by atoms with Crippen molar-refractivity contribution in [3.05, 3.63) is 53.4 Å². The number of aromatic hydroxyl groups is 1. The number of rotatable bonds is 2. The Labute approximate surface area is 106 Å². The molecule has 0 heterocycles. The Bertz CT molecular complexity index is 615. The largest absolute Gasteiger partial charge is 0.507 e. The van der Waals surface area contributed by atoms with E-state index in [1.807, 2.05) is 0 Å². The number of para-hydroxylation sites is 1. The van der Waals surface area contributed by atoms with Crippen molar-refractivity contribution in [2.75, 3.05) is 0 Å². The highest BCUT2D eigenvalue weighted by atomic mass is 31.1.